The molecule has 1 saturated heterocycles. The minimum Gasteiger partial charge on any atom is -0.444 e. The molecule has 0 spiro atoms. The van der Waals surface area contributed by atoms with Gasteiger partial charge in [0.1, 0.15) is 12.8 Å². The first-order valence-electron chi connectivity index (χ1n) is 10.3. The second-order valence-corrected chi connectivity index (χ2v) is 10.8. The number of fused-ring (bicyclic) bond motifs is 2. The minimum absolute atomic E-state index is 0.200. The lowest BCUT2D eigenvalue weighted by Gasteiger charge is -2.43. The van der Waals surface area contributed by atoms with E-state index in [9.17, 15) is 13.2 Å². The van der Waals surface area contributed by atoms with E-state index in [2.05, 4.69) is 4.37 Å². The molecule has 0 aliphatic carbocycles. The van der Waals surface area contributed by atoms with Crippen molar-refractivity contribution in [3.8, 4) is 0 Å². The van der Waals surface area contributed by atoms with Gasteiger partial charge in [-0.1, -0.05) is 17.7 Å². The second kappa shape index (κ2) is 7.61. The molecule has 0 saturated carbocycles. The molecule has 4 heterocycles. The number of carbonyl (C=O) groups is 1. The van der Waals surface area contributed by atoms with Crippen LogP contribution in [0.4, 0.5) is 10.5 Å². The fourth-order valence-electron chi connectivity index (χ4n) is 4.59. The van der Waals surface area contributed by atoms with Gasteiger partial charge in [0, 0.05) is 30.9 Å². The van der Waals surface area contributed by atoms with Crippen LogP contribution in [-0.4, -0.2) is 54.4 Å². The van der Waals surface area contributed by atoms with E-state index in [1.54, 1.807) is 18.1 Å². The van der Waals surface area contributed by atoms with Crippen molar-refractivity contribution < 1.29 is 17.9 Å². The van der Waals surface area contributed by atoms with Crippen LogP contribution in [0.3, 0.4) is 0 Å². The maximum atomic E-state index is 14.0. The number of sulfonamides is 1. The van der Waals surface area contributed by atoms with Crippen molar-refractivity contribution in [1.29, 1.82) is 0 Å². The van der Waals surface area contributed by atoms with E-state index in [0.29, 0.717) is 24.7 Å². The van der Waals surface area contributed by atoms with Gasteiger partial charge < -0.3 is 9.64 Å². The molecule has 1 amide bonds. The Balaban J connectivity index is 1.63. The molecule has 1 fully saturated rings. The molecule has 0 radical (unpaired) electrons. The van der Waals surface area contributed by atoms with Gasteiger partial charge in [-0.05, 0) is 49.9 Å². The molecule has 0 N–H and O–H groups in total. The Hall–Kier alpha value is -2.43. The lowest BCUT2D eigenvalue weighted by Crippen LogP contribution is -2.58. The summed E-state index contributed by atoms with van der Waals surface area (Å²) < 4.78 is 39.9. The molecule has 1 aromatic carbocycles. The molecule has 31 heavy (non-hydrogen) atoms. The summed E-state index contributed by atoms with van der Waals surface area (Å²) >= 11 is 1.29. The normalized spacial score (nSPS) is 21.9. The molecule has 8 nitrogen and oxygen atoms in total. The zero-order valence-electron chi connectivity index (χ0n) is 17.4. The molecule has 1 atom stereocenters. The van der Waals surface area contributed by atoms with Crippen molar-refractivity contribution in [1.82, 2.24) is 13.6 Å². The fourth-order valence-corrected chi connectivity index (χ4v) is 7.35. The van der Waals surface area contributed by atoms with Crippen molar-refractivity contribution in [3.63, 3.8) is 0 Å². The van der Waals surface area contributed by atoms with E-state index in [0.717, 1.165) is 34.2 Å². The van der Waals surface area contributed by atoms with Crippen molar-refractivity contribution in [3.05, 3.63) is 45.3 Å². The summed E-state index contributed by atoms with van der Waals surface area (Å²) in [6, 6.07) is 5.81. The van der Waals surface area contributed by atoms with Crippen LogP contribution in [0.1, 0.15) is 30.4 Å². The van der Waals surface area contributed by atoms with Gasteiger partial charge in [-0.3, -0.25) is 4.90 Å². The van der Waals surface area contributed by atoms with Crippen molar-refractivity contribution >= 4 is 44.4 Å². The lowest BCUT2D eigenvalue weighted by atomic mass is 10.0. The van der Waals surface area contributed by atoms with Crippen molar-refractivity contribution in [2.24, 2.45) is 0 Å². The van der Waals surface area contributed by atoms with E-state index in [1.165, 1.54) is 20.7 Å². The smallest absolute Gasteiger partial charge is 0.415 e. The number of ether oxygens (including phenoxy) is 1. The maximum absolute atomic E-state index is 14.0. The molecule has 3 aliphatic heterocycles. The molecule has 3 aliphatic rings. The average molecular weight is 461 g/mol. The Morgan fingerprint density at radius 2 is 2.10 bits per heavy atom. The minimum atomic E-state index is -3.88. The summed E-state index contributed by atoms with van der Waals surface area (Å²) in [5.41, 5.74) is 2.68. The van der Waals surface area contributed by atoms with Crippen LogP contribution in [-0.2, 0) is 21.4 Å². The van der Waals surface area contributed by atoms with Gasteiger partial charge in [0.15, 0.2) is 5.03 Å². The third-order valence-corrected chi connectivity index (χ3v) is 8.90. The second-order valence-electron chi connectivity index (χ2n) is 8.14. The number of aryl methyl sites for hydroxylation is 1. The first-order chi connectivity index (χ1) is 14.9. The SMILES string of the molecule is Cc1ccc2c(c1)COC(=O)N2C1CCCCN1S(=O)(=O)C1=c2cnsc2=CCN1C. The van der Waals surface area contributed by atoms with Crippen LogP contribution >= 0.6 is 11.5 Å². The Bertz CT molecular complexity index is 1270. The van der Waals surface area contributed by atoms with Gasteiger partial charge in [0.25, 0.3) is 10.0 Å². The summed E-state index contributed by atoms with van der Waals surface area (Å²) in [6.45, 7) is 3.03. The van der Waals surface area contributed by atoms with Gasteiger partial charge in [0.05, 0.1) is 16.4 Å². The van der Waals surface area contributed by atoms with Crippen molar-refractivity contribution in [2.75, 3.05) is 25.0 Å². The van der Waals surface area contributed by atoms with Gasteiger partial charge in [-0.25, -0.2) is 13.2 Å². The number of hydrogen-bond acceptors (Lipinski definition) is 7. The quantitative estimate of drug-likeness (QED) is 0.691. The molecule has 2 aromatic rings. The van der Waals surface area contributed by atoms with Crippen LogP contribution in [0.2, 0.25) is 0 Å². The van der Waals surface area contributed by atoms with Crippen LogP contribution in [0.25, 0.3) is 11.1 Å². The molecule has 164 valence electrons. The standard InChI is InChI=1S/C21H24N4O4S2/c1-14-6-7-17-15(11-14)13-29-21(26)25(17)19-5-3-4-9-24(19)31(27,28)20-16-12-22-30-18(16)8-10-23(20)2/h6-8,11-12,19H,3-5,9-10,13H2,1-2H3. The van der Waals surface area contributed by atoms with E-state index in [-0.39, 0.29) is 11.6 Å². The zero-order valence-corrected chi connectivity index (χ0v) is 19.1. The molecular formula is C21H24N4O4S2. The Morgan fingerprint density at radius 1 is 1.26 bits per heavy atom. The lowest BCUT2D eigenvalue weighted by molar-refractivity contribution is 0.127. The first kappa shape index (κ1) is 20.5. The molecule has 1 aromatic heterocycles. The van der Waals surface area contributed by atoms with E-state index in [1.807, 2.05) is 31.2 Å². The number of nitrogens with zero attached hydrogens (tertiary/aromatic N) is 4. The maximum Gasteiger partial charge on any atom is 0.415 e. The summed E-state index contributed by atoms with van der Waals surface area (Å²) in [4.78, 5) is 16.1. The molecule has 5 rings (SSSR count). The molecule has 0 bridgehead atoms. The monoisotopic (exact) mass is 460 g/mol. The number of piperidine rings is 1. The van der Waals surface area contributed by atoms with E-state index >= 15 is 0 Å². The molecule has 1 unspecified atom stereocenters. The number of cyclic esters (lactones) is 1. The third kappa shape index (κ3) is 3.33. The Morgan fingerprint density at radius 3 is 2.94 bits per heavy atom. The number of aromatic nitrogens is 1. The van der Waals surface area contributed by atoms with E-state index < -0.39 is 22.3 Å². The van der Waals surface area contributed by atoms with E-state index in [4.69, 9.17) is 4.74 Å². The van der Waals surface area contributed by atoms with Crippen LogP contribution < -0.4 is 14.7 Å². The highest BCUT2D eigenvalue weighted by atomic mass is 32.2. The number of benzene rings is 1. The largest absolute Gasteiger partial charge is 0.444 e. The van der Waals surface area contributed by atoms with Gasteiger partial charge >= 0.3 is 6.09 Å². The van der Waals surface area contributed by atoms with Crippen LogP contribution in [0.15, 0.2) is 24.4 Å². The molecule has 10 heteroatoms. The number of rotatable bonds is 3. The van der Waals surface area contributed by atoms with Crippen LogP contribution in [0.5, 0.6) is 0 Å². The summed E-state index contributed by atoms with van der Waals surface area (Å²) in [7, 11) is -2.10. The van der Waals surface area contributed by atoms with Gasteiger partial charge in [-0.15, -0.1) is 0 Å². The summed E-state index contributed by atoms with van der Waals surface area (Å²) in [5, 5.41) is 0.875. The number of hydrogen-bond donors (Lipinski definition) is 0. The van der Waals surface area contributed by atoms with Gasteiger partial charge in [-0.2, -0.15) is 8.68 Å². The molecular weight excluding hydrogens is 436 g/mol. The summed E-state index contributed by atoms with van der Waals surface area (Å²) in [5.74, 6) is 0. The third-order valence-electron chi connectivity index (χ3n) is 6.04. The van der Waals surface area contributed by atoms with Crippen molar-refractivity contribution in [2.45, 2.75) is 39.0 Å². The topological polar surface area (TPSA) is 83.0 Å². The average Bonchev–Trinajstić information content (AvgIpc) is 3.22. The zero-order chi connectivity index (χ0) is 21.8. The predicted molar refractivity (Wildman–Crippen MR) is 119 cm³/mol. The van der Waals surface area contributed by atoms with Gasteiger partial charge in [0.2, 0.25) is 0 Å². The highest BCUT2D eigenvalue weighted by Gasteiger charge is 2.44. The summed E-state index contributed by atoms with van der Waals surface area (Å²) in [6.07, 6.45) is 4.61. The number of anilines is 1. The number of amides is 1. The Kier molecular flexibility index (Phi) is 5.03. The Labute approximate surface area is 185 Å². The highest BCUT2D eigenvalue weighted by molar-refractivity contribution is 7.98. The highest BCUT2D eigenvalue weighted by Crippen LogP contribution is 2.36. The number of carbonyl (C=O) groups excluding carboxylic acids is 1. The predicted octanol–water partition coefficient (Wildman–Crippen LogP) is 1.54. The first-order valence-corrected chi connectivity index (χ1v) is 12.5. The van der Waals surface area contributed by atoms with Crippen LogP contribution in [0, 0.1) is 6.92 Å². The fraction of sp³-hybridized carbons (Fsp3) is 0.429.